The Labute approximate surface area is 185 Å². The van der Waals surface area contributed by atoms with E-state index in [9.17, 15) is 4.79 Å². The van der Waals surface area contributed by atoms with E-state index in [1.54, 1.807) is 0 Å². The lowest BCUT2D eigenvalue weighted by atomic mass is 9.97. The predicted molar refractivity (Wildman–Crippen MR) is 129 cm³/mol. The maximum Gasteiger partial charge on any atom is 0.229 e. The number of benzene rings is 2. The van der Waals surface area contributed by atoms with Gasteiger partial charge in [0.25, 0.3) is 0 Å². The largest absolute Gasteiger partial charge is 0.341 e. The van der Waals surface area contributed by atoms with Crippen LogP contribution < -0.4 is 10.2 Å². The standard InChI is InChI=1S/C26H34N4O/c1-18(2)13-15-30-24-10-6-5-9-23(24)28-26(30)29-14-7-8-21(17-29)25(31)27-22-12-11-19(3)20(4)16-22/h5-6,9-12,16,18,21H,7-8,13-15,17H2,1-4H3,(H,27,31)/t21-/m0/s1. The highest BCUT2D eigenvalue weighted by Crippen LogP contribution is 2.28. The molecule has 0 unspecified atom stereocenters. The van der Waals surface area contributed by atoms with Crippen LogP contribution in [0.3, 0.4) is 0 Å². The Morgan fingerprint density at radius 2 is 1.97 bits per heavy atom. The summed E-state index contributed by atoms with van der Waals surface area (Å²) >= 11 is 0. The summed E-state index contributed by atoms with van der Waals surface area (Å²) in [6.45, 7) is 11.3. The van der Waals surface area contributed by atoms with Crippen LogP contribution in [0.5, 0.6) is 0 Å². The van der Waals surface area contributed by atoms with E-state index in [1.807, 2.05) is 12.1 Å². The number of aromatic nitrogens is 2. The molecule has 1 aliphatic heterocycles. The number of aryl methyl sites for hydroxylation is 3. The van der Waals surface area contributed by atoms with Crippen LogP contribution in [0.4, 0.5) is 11.6 Å². The van der Waals surface area contributed by atoms with Gasteiger partial charge >= 0.3 is 0 Å². The first-order valence-electron chi connectivity index (χ1n) is 11.5. The average molecular weight is 419 g/mol. The van der Waals surface area contributed by atoms with Crippen LogP contribution in [0.25, 0.3) is 11.0 Å². The SMILES string of the molecule is Cc1ccc(NC(=O)[C@H]2CCCN(c3nc4ccccc4n3CCC(C)C)C2)cc1C. The quantitative estimate of drug-likeness (QED) is 0.571. The number of amides is 1. The minimum atomic E-state index is -0.0336. The summed E-state index contributed by atoms with van der Waals surface area (Å²) < 4.78 is 2.35. The van der Waals surface area contributed by atoms with Gasteiger partial charge in [-0.3, -0.25) is 4.79 Å². The van der Waals surface area contributed by atoms with Crippen molar-refractivity contribution in [1.29, 1.82) is 0 Å². The van der Waals surface area contributed by atoms with Crippen LogP contribution >= 0.6 is 0 Å². The van der Waals surface area contributed by atoms with Crippen molar-refractivity contribution in [1.82, 2.24) is 9.55 Å². The van der Waals surface area contributed by atoms with E-state index in [0.29, 0.717) is 12.5 Å². The number of carbonyl (C=O) groups is 1. The second-order valence-corrected chi connectivity index (χ2v) is 9.31. The van der Waals surface area contributed by atoms with Crippen LogP contribution in [0.2, 0.25) is 0 Å². The van der Waals surface area contributed by atoms with Gasteiger partial charge in [0.2, 0.25) is 11.9 Å². The zero-order valence-electron chi connectivity index (χ0n) is 19.2. The number of fused-ring (bicyclic) bond motifs is 1. The first-order chi connectivity index (χ1) is 14.9. The predicted octanol–water partition coefficient (Wildman–Crippen LogP) is 5.55. The molecule has 1 amide bonds. The van der Waals surface area contributed by atoms with E-state index >= 15 is 0 Å². The number of carbonyl (C=O) groups excluding carboxylic acids is 1. The second-order valence-electron chi connectivity index (χ2n) is 9.31. The number of imidazole rings is 1. The molecule has 5 nitrogen and oxygen atoms in total. The molecular formula is C26H34N4O. The van der Waals surface area contributed by atoms with Gasteiger partial charge in [-0.25, -0.2) is 4.98 Å². The lowest BCUT2D eigenvalue weighted by molar-refractivity contribution is -0.120. The highest BCUT2D eigenvalue weighted by molar-refractivity contribution is 5.93. The molecule has 0 aliphatic carbocycles. The minimum Gasteiger partial charge on any atom is -0.341 e. The van der Waals surface area contributed by atoms with Crippen LogP contribution in [0.15, 0.2) is 42.5 Å². The second kappa shape index (κ2) is 9.13. The van der Waals surface area contributed by atoms with Crippen molar-refractivity contribution < 1.29 is 4.79 Å². The molecular weight excluding hydrogens is 384 g/mol. The third-order valence-electron chi connectivity index (χ3n) is 6.41. The molecule has 1 saturated heterocycles. The van der Waals surface area contributed by atoms with Crippen molar-refractivity contribution in [2.75, 3.05) is 23.3 Å². The van der Waals surface area contributed by atoms with E-state index in [4.69, 9.17) is 4.98 Å². The lowest BCUT2D eigenvalue weighted by Crippen LogP contribution is -2.42. The van der Waals surface area contributed by atoms with Gasteiger partial charge in [-0.15, -0.1) is 0 Å². The van der Waals surface area contributed by atoms with Crippen LogP contribution in [0.1, 0.15) is 44.2 Å². The first-order valence-corrected chi connectivity index (χ1v) is 11.5. The zero-order chi connectivity index (χ0) is 22.0. The van der Waals surface area contributed by atoms with Gasteiger partial charge < -0.3 is 14.8 Å². The van der Waals surface area contributed by atoms with Crippen LogP contribution in [-0.2, 0) is 11.3 Å². The topological polar surface area (TPSA) is 50.2 Å². The molecule has 0 saturated carbocycles. The van der Waals surface area contributed by atoms with Gasteiger partial charge in [0.1, 0.15) is 0 Å². The molecule has 31 heavy (non-hydrogen) atoms. The van der Waals surface area contributed by atoms with E-state index < -0.39 is 0 Å². The van der Waals surface area contributed by atoms with E-state index in [-0.39, 0.29) is 11.8 Å². The Balaban J connectivity index is 1.54. The van der Waals surface area contributed by atoms with Crippen molar-refractivity contribution in [2.45, 2.75) is 53.5 Å². The highest BCUT2D eigenvalue weighted by Gasteiger charge is 2.29. The average Bonchev–Trinajstić information content (AvgIpc) is 3.13. The van der Waals surface area contributed by atoms with E-state index in [2.05, 4.69) is 72.8 Å². The molecule has 1 atom stereocenters. The molecule has 4 rings (SSSR count). The number of nitrogens with zero attached hydrogens (tertiary/aromatic N) is 3. The Morgan fingerprint density at radius 3 is 2.74 bits per heavy atom. The molecule has 1 fully saturated rings. The molecule has 164 valence electrons. The number of para-hydroxylation sites is 2. The maximum atomic E-state index is 13.0. The molecule has 5 heteroatoms. The fourth-order valence-electron chi connectivity index (χ4n) is 4.35. The Hall–Kier alpha value is -2.82. The lowest BCUT2D eigenvalue weighted by Gasteiger charge is -2.33. The van der Waals surface area contributed by atoms with Crippen molar-refractivity contribution in [3.63, 3.8) is 0 Å². The van der Waals surface area contributed by atoms with E-state index in [1.165, 1.54) is 16.6 Å². The molecule has 0 bridgehead atoms. The molecule has 0 spiro atoms. The number of nitrogens with one attached hydrogen (secondary N) is 1. The number of piperidine rings is 1. The monoisotopic (exact) mass is 418 g/mol. The van der Waals surface area contributed by atoms with E-state index in [0.717, 1.165) is 49.5 Å². The molecule has 1 aliphatic rings. The van der Waals surface area contributed by atoms with Crippen molar-refractivity contribution in [2.24, 2.45) is 11.8 Å². The van der Waals surface area contributed by atoms with Crippen molar-refractivity contribution in [3.05, 3.63) is 53.6 Å². The van der Waals surface area contributed by atoms with Gasteiger partial charge in [0.05, 0.1) is 17.0 Å². The van der Waals surface area contributed by atoms with Gasteiger partial charge in [-0.2, -0.15) is 0 Å². The van der Waals surface area contributed by atoms with Gasteiger partial charge in [0.15, 0.2) is 0 Å². The Kier molecular flexibility index (Phi) is 6.30. The molecule has 1 aromatic heterocycles. The number of hydrogen-bond acceptors (Lipinski definition) is 3. The van der Waals surface area contributed by atoms with Gasteiger partial charge in [0, 0.05) is 25.3 Å². The summed E-state index contributed by atoms with van der Waals surface area (Å²) in [5, 5.41) is 3.14. The summed E-state index contributed by atoms with van der Waals surface area (Å²) in [6.07, 6.45) is 3.02. The molecule has 0 radical (unpaired) electrons. The van der Waals surface area contributed by atoms with Crippen LogP contribution in [-0.4, -0.2) is 28.5 Å². The van der Waals surface area contributed by atoms with Crippen LogP contribution in [0, 0.1) is 25.7 Å². The normalized spacial score (nSPS) is 16.8. The van der Waals surface area contributed by atoms with Gasteiger partial charge in [-0.1, -0.05) is 32.0 Å². The number of rotatable bonds is 6. The molecule has 1 N–H and O–H groups in total. The first kappa shape index (κ1) is 21.4. The third-order valence-corrected chi connectivity index (χ3v) is 6.41. The summed E-state index contributed by atoms with van der Waals surface area (Å²) in [5.41, 5.74) is 5.53. The Bertz CT molecular complexity index is 1070. The number of hydrogen-bond donors (Lipinski definition) is 1. The fourth-order valence-corrected chi connectivity index (χ4v) is 4.35. The molecule has 2 heterocycles. The molecule has 3 aromatic rings. The summed E-state index contributed by atoms with van der Waals surface area (Å²) in [5.74, 6) is 1.71. The summed E-state index contributed by atoms with van der Waals surface area (Å²) in [4.78, 5) is 20.3. The number of anilines is 2. The zero-order valence-corrected chi connectivity index (χ0v) is 19.2. The highest BCUT2D eigenvalue weighted by atomic mass is 16.1. The smallest absolute Gasteiger partial charge is 0.229 e. The Morgan fingerprint density at radius 1 is 1.16 bits per heavy atom. The third kappa shape index (κ3) is 4.76. The van der Waals surface area contributed by atoms with Gasteiger partial charge in [-0.05, 0) is 74.4 Å². The summed E-state index contributed by atoms with van der Waals surface area (Å²) in [6, 6.07) is 14.5. The van der Waals surface area contributed by atoms with Crippen molar-refractivity contribution >= 4 is 28.6 Å². The summed E-state index contributed by atoms with van der Waals surface area (Å²) in [7, 11) is 0. The van der Waals surface area contributed by atoms with Crippen molar-refractivity contribution in [3.8, 4) is 0 Å². The molecule has 2 aromatic carbocycles. The maximum absolute atomic E-state index is 13.0. The minimum absolute atomic E-state index is 0.0336. The fraction of sp³-hybridized carbons (Fsp3) is 0.462.